The molecule has 2 N–H and O–H groups in total. The number of nitrogens with one attached hydrogen (secondary N) is 1. The fourth-order valence-corrected chi connectivity index (χ4v) is 6.13. The molecule has 1 saturated heterocycles. The van der Waals surface area contributed by atoms with Crippen molar-refractivity contribution in [2.75, 3.05) is 38.0 Å². The molecule has 2 fully saturated rings. The Morgan fingerprint density at radius 1 is 0.974 bits per heavy atom. The topological polar surface area (TPSA) is 69.5 Å². The summed E-state index contributed by atoms with van der Waals surface area (Å²) in [5, 5.41) is 14.6. The molecule has 0 bridgehead atoms. The fourth-order valence-electron chi connectivity index (χ4n) is 6.13. The number of aromatic nitrogens is 3. The van der Waals surface area contributed by atoms with Crippen LogP contribution in [0.2, 0.25) is 0 Å². The van der Waals surface area contributed by atoms with E-state index >= 15 is 0 Å². The third-order valence-corrected chi connectivity index (χ3v) is 8.78. The lowest BCUT2D eigenvalue weighted by Gasteiger charge is -2.40. The first-order valence-corrected chi connectivity index (χ1v) is 14.8. The number of aliphatic hydroxyl groups excluding tert-OH is 1. The van der Waals surface area contributed by atoms with Gasteiger partial charge in [-0.3, -0.25) is 9.80 Å². The molecule has 7 nitrogen and oxygen atoms in total. The molecular formula is C31H46N6O. The molecule has 1 aliphatic heterocycles. The third kappa shape index (κ3) is 5.90. The molecule has 1 unspecified atom stereocenters. The lowest BCUT2D eigenvalue weighted by molar-refractivity contribution is 0.0834. The van der Waals surface area contributed by atoms with Crippen molar-refractivity contribution < 1.29 is 5.11 Å². The Hall–Kier alpha value is -2.48. The number of piperazine rings is 1. The summed E-state index contributed by atoms with van der Waals surface area (Å²) in [5.41, 5.74) is 4.77. The minimum atomic E-state index is -0.170. The molecule has 1 saturated carbocycles. The molecule has 0 spiro atoms. The van der Waals surface area contributed by atoms with Gasteiger partial charge in [-0.05, 0) is 64.0 Å². The van der Waals surface area contributed by atoms with E-state index in [4.69, 9.17) is 4.98 Å². The molecular weight excluding hydrogens is 472 g/mol. The van der Waals surface area contributed by atoms with E-state index in [9.17, 15) is 5.11 Å². The van der Waals surface area contributed by atoms with Crippen LogP contribution < -0.4 is 5.32 Å². The lowest BCUT2D eigenvalue weighted by atomic mass is 9.93. The molecule has 38 heavy (non-hydrogen) atoms. The van der Waals surface area contributed by atoms with E-state index in [0.29, 0.717) is 24.1 Å². The second-order valence-corrected chi connectivity index (χ2v) is 11.6. The van der Waals surface area contributed by atoms with Crippen LogP contribution in [-0.2, 0) is 0 Å². The van der Waals surface area contributed by atoms with Crippen LogP contribution >= 0.6 is 0 Å². The molecule has 1 atom stereocenters. The number of fused-ring (bicyclic) bond motifs is 1. The Balaban J connectivity index is 1.39. The van der Waals surface area contributed by atoms with Gasteiger partial charge in [0.2, 0.25) is 5.95 Å². The van der Waals surface area contributed by atoms with Crippen LogP contribution in [0.25, 0.3) is 22.2 Å². The van der Waals surface area contributed by atoms with Gasteiger partial charge in [0.25, 0.3) is 0 Å². The fraction of sp³-hybridized carbons (Fsp3) is 0.613. The standard InChI is InChI=1S/C31H46N6O/c1-5-6-15-32-31-33-20-28-29(21-37(30(28)34-31)26-11-13-27(38)14-12-26)25-9-7-24(8-10-25)23(4)36-18-16-35(17-19-36)22(2)3/h7-10,20-23,26-27,38H,5-6,11-19H2,1-4H3,(H,32,33,34). The monoisotopic (exact) mass is 518 g/mol. The minimum absolute atomic E-state index is 0.170. The Labute approximate surface area is 228 Å². The van der Waals surface area contributed by atoms with Crippen LogP contribution in [0, 0.1) is 0 Å². The Morgan fingerprint density at radius 3 is 2.32 bits per heavy atom. The van der Waals surface area contributed by atoms with Crippen LogP contribution in [0.5, 0.6) is 0 Å². The summed E-state index contributed by atoms with van der Waals surface area (Å²) in [5.74, 6) is 0.703. The largest absolute Gasteiger partial charge is 0.393 e. The number of hydrogen-bond donors (Lipinski definition) is 2. The molecule has 7 heteroatoms. The first kappa shape index (κ1) is 27.1. The highest BCUT2D eigenvalue weighted by Crippen LogP contribution is 2.37. The predicted molar refractivity (Wildman–Crippen MR) is 157 cm³/mol. The van der Waals surface area contributed by atoms with Crippen molar-refractivity contribution in [1.82, 2.24) is 24.3 Å². The molecule has 5 rings (SSSR count). The summed E-state index contributed by atoms with van der Waals surface area (Å²) < 4.78 is 2.36. The second kappa shape index (κ2) is 12.1. The number of hydrogen-bond acceptors (Lipinski definition) is 6. The van der Waals surface area contributed by atoms with E-state index < -0.39 is 0 Å². The van der Waals surface area contributed by atoms with E-state index in [1.807, 2.05) is 6.20 Å². The number of unbranched alkanes of at least 4 members (excludes halogenated alkanes) is 1. The van der Waals surface area contributed by atoms with Crippen molar-refractivity contribution >= 4 is 17.0 Å². The molecule has 3 heterocycles. The molecule has 1 aliphatic carbocycles. The summed E-state index contributed by atoms with van der Waals surface area (Å²) >= 11 is 0. The van der Waals surface area contributed by atoms with Gasteiger partial charge in [-0.15, -0.1) is 0 Å². The Kier molecular flexibility index (Phi) is 8.66. The van der Waals surface area contributed by atoms with Crippen molar-refractivity contribution in [1.29, 1.82) is 0 Å². The minimum Gasteiger partial charge on any atom is -0.393 e. The summed E-state index contributed by atoms with van der Waals surface area (Å²) in [7, 11) is 0. The van der Waals surface area contributed by atoms with Gasteiger partial charge in [0, 0.05) is 74.2 Å². The van der Waals surface area contributed by atoms with Gasteiger partial charge in [-0.1, -0.05) is 37.6 Å². The molecule has 0 amide bonds. The summed E-state index contributed by atoms with van der Waals surface area (Å²) in [6.45, 7) is 14.5. The number of anilines is 1. The van der Waals surface area contributed by atoms with E-state index in [1.54, 1.807) is 0 Å². The lowest BCUT2D eigenvalue weighted by Crippen LogP contribution is -2.49. The SMILES string of the molecule is CCCCNc1ncc2c(-c3ccc(C(C)N4CCN(C(C)C)CC4)cc3)cn(C3CCC(O)CC3)c2n1. The van der Waals surface area contributed by atoms with Gasteiger partial charge < -0.3 is 15.0 Å². The maximum absolute atomic E-state index is 10.1. The smallest absolute Gasteiger partial charge is 0.224 e. The average molecular weight is 519 g/mol. The normalized spacial score (nSPS) is 22.3. The zero-order valence-corrected chi connectivity index (χ0v) is 23.7. The number of nitrogens with zero attached hydrogens (tertiary/aromatic N) is 5. The average Bonchev–Trinajstić information content (AvgIpc) is 3.32. The number of benzene rings is 1. The van der Waals surface area contributed by atoms with Crippen LogP contribution in [0.15, 0.2) is 36.7 Å². The maximum atomic E-state index is 10.1. The van der Waals surface area contributed by atoms with Gasteiger partial charge in [-0.2, -0.15) is 4.98 Å². The summed E-state index contributed by atoms with van der Waals surface area (Å²) in [6, 6.07) is 10.5. The van der Waals surface area contributed by atoms with Crippen molar-refractivity contribution in [2.45, 2.75) is 90.4 Å². The van der Waals surface area contributed by atoms with E-state index in [2.05, 4.69) is 82.8 Å². The molecule has 3 aromatic rings. The highest BCUT2D eigenvalue weighted by atomic mass is 16.3. The predicted octanol–water partition coefficient (Wildman–Crippen LogP) is 5.87. The molecule has 2 aromatic heterocycles. The molecule has 206 valence electrons. The first-order chi connectivity index (χ1) is 18.4. The molecule has 1 aromatic carbocycles. The van der Waals surface area contributed by atoms with Gasteiger partial charge in [0.15, 0.2) is 0 Å². The third-order valence-electron chi connectivity index (χ3n) is 8.78. The number of rotatable bonds is 9. The zero-order chi connectivity index (χ0) is 26.6. The maximum Gasteiger partial charge on any atom is 0.224 e. The van der Waals surface area contributed by atoms with Crippen LogP contribution in [-0.4, -0.2) is 74.3 Å². The summed E-state index contributed by atoms with van der Waals surface area (Å²) in [4.78, 5) is 14.8. The zero-order valence-electron chi connectivity index (χ0n) is 23.7. The van der Waals surface area contributed by atoms with E-state index in [1.165, 1.54) is 16.7 Å². The van der Waals surface area contributed by atoms with Crippen LogP contribution in [0.1, 0.15) is 83.9 Å². The van der Waals surface area contributed by atoms with Gasteiger partial charge in [0.05, 0.1) is 6.10 Å². The van der Waals surface area contributed by atoms with Crippen LogP contribution in [0.4, 0.5) is 5.95 Å². The van der Waals surface area contributed by atoms with Gasteiger partial charge >= 0.3 is 0 Å². The van der Waals surface area contributed by atoms with Crippen LogP contribution in [0.3, 0.4) is 0 Å². The van der Waals surface area contributed by atoms with E-state index in [0.717, 1.165) is 82.3 Å². The first-order valence-electron chi connectivity index (χ1n) is 14.8. The second-order valence-electron chi connectivity index (χ2n) is 11.6. The van der Waals surface area contributed by atoms with Gasteiger partial charge in [-0.25, -0.2) is 4.98 Å². The highest BCUT2D eigenvalue weighted by molar-refractivity contribution is 5.94. The van der Waals surface area contributed by atoms with Crippen molar-refractivity contribution in [3.8, 4) is 11.1 Å². The molecule has 0 radical (unpaired) electrons. The highest BCUT2D eigenvalue weighted by Gasteiger charge is 2.25. The quantitative estimate of drug-likeness (QED) is 0.345. The van der Waals surface area contributed by atoms with E-state index in [-0.39, 0.29) is 6.10 Å². The number of aliphatic hydroxyl groups is 1. The van der Waals surface area contributed by atoms with Gasteiger partial charge in [0.1, 0.15) is 5.65 Å². The summed E-state index contributed by atoms with van der Waals surface area (Å²) in [6.07, 6.45) is 10.0. The van der Waals surface area contributed by atoms with Crippen molar-refractivity contribution in [3.05, 3.63) is 42.2 Å². The Bertz CT molecular complexity index is 1170. The Morgan fingerprint density at radius 2 is 1.66 bits per heavy atom. The molecule has 2 aliphatic rings. The van der Waals surface area contributed by atoms with Crippen molar-refractivity contribution in [3.63, 3.8) is 0 Å². The van der Waals surface area contributed by atoms with Crippen molar-refractivity contribution in [2.24, 2.45) is 0 Å².